The Labute approximate surface area is 88.7 Å². The minimum Gasteiger partial charge on any atom is -0.385 e. The van der Waals surface area contributed by atoms with E-state index in [9.17, 15) is 5.11 Å². The first-order valence-electron chi connectivity index (χ1n) is 5.25. The fourth-order valence-corrected chi connectivity index (χ4v) is 1.71. The molecule has 1 fully saturated rings. The predicted molar refractivity (Wildman–Crippen MR) is 56.7 cm³/mol. The third-order valence-corrected chi connectivity index (χ3v) is 2.54. The maximum absolute atomic E-state index is 9.32. The second kappa shape index (κ2) is 4.16. The molecule has 6 heteroatoms. The summed E-state index contributed by atoms with van der Waals surface area (Å²) in [5.74, 6) is 1.20. The van der Waals surface area contributed by atoms with Crippen molar-refractivity contribution >= 4 is 5.95 Å². The Hall–Kier alpha value is -1.14. The third kappa shape index (κ3) is 2.27. The van der Waals surface area contributed by atoms with Crippen LogP contribution in [0, 0.1) is 0 Å². The van der Waals surface area contributed by atoms with Crippen molar-refractivity contribution in [1.82, 2.24) is 20.5 Å². The van der Waals surface area contributed by atoms with E-state index in [0.717, 1.165) is 19.6 Å². The summed E-state index contributed by atoms with van der Waals surface area (Å²) in [6, 6.07) is 0.451. The summed E-state index contributed by atoms with van der Waals surface area (Å²) in [5, 5.41) is 19.5. The van der Waals surface area contributed by atoms with Crippen LogP contribution in [0.25, 0.3) is 0 Å². The lowest BCUT2D eigenvalue weighted by atomic mass is 10.2. The summed E-state index contributed by atoms with van der Waals surface area (Å²) in [4.78, 5) is 6.36. The fourth-order valence-electron chi connectivity index (χ4n) is 1.71. The molecular formula is C9H17N5O. The summed E-state index contributed by atoms with van der Waals surface area (Å²) >= 11 is 0. The van der Waals surface area contributed by atoms with Crippen LogP contribution in [0.15, 0.2) is 0 Å². The van der Waals surface area contributed by atoms with Gasteiger partial charge in [-0.2, -0.15) is 4.98 Å². The number of rotatable bonds is 2. The Morgan fingerprint density at radius 1 is 1.60 bits per heavy atom. The van der Waals surface area contributed by atoms with E-state index < -0.39 is 6.10 Å². The van der Waals surface area contributed by atoms with E-state index in [1.807, 2.05) is 0 Å². The van der Waals surface area contributed by atoms with E-state index in [1.54, 1.807) is 6.92 Å². The van der Waals surface area contributed by atoms with Crippen molar-refractivity contribution in [2.24, 2.45) is 0 Å². The molecule has 0 amide bonds. The van der Waals surface area contributed by atoms with Gasteiger partial charge in [-0.05, 0) is 13.8 Å². The third-order valence-electron chi connectivity index (χ3n) is 2.54. The maximum atomic E-state index is 9.32. The first-order chi connectivity index (χ1) is 7.16. The fraction of sp³-hybridized carbons (Fsp3) is 0.778. The van der Waals surface area contributed by atoms with Gasteiger partial charge in [0.25, 0.3) is 0 Å². The van der Waals surface area contributed by atoms with E-state index in [-0.39, 0.29) is 0 Å². The van der Waals surface area contributed by atoms with E-state index >= 15 is 0 Å². The molecule has 1 saturated heterocycles. The lowest BCUT2D eigenvalue weighted by Gasteiger charge is -2.30. The number of H-pyrrole nitrogens is 1. The Morgan fingerprint density at radius 2 is 2.40 bits per heavy atom. The molecule has 1 aromatic heterocycles. The van der Waals surface area contributed by atoms with Crippen molar-refractivity contribution in [2.75, 3.05) is 24.5 Å². The smallest absolute Gasteiger partial charge is 0.244 e. The Bertz CT molecular complexity index is 324. The molecule has 3 N–H and O–H groups in total. The van der Waals surface area contributed by atoms with Crippen molar-refractivity contribution in [2.45, 2.75) is 26.0 Å². The number of anilines is 1. The molecule has 84 valence electrons. The molecule has 1 aromatic rings. The molecule has 1 aliphatic rings. The molecule has 0 aromatic carbocycles. The summed E-state index contributed by atoms with van der Waals surface area (Å²) in [6.07, 6.45) is -0.591. The number of aliphatic hydroxyl groups excluding tert-OH is 1. The summed E-state index contributed by atoms with van der Waals surface area (Å²) < 4.78 is 0. The van der Waals surface area contributed by atoms with Gasteiger partial charge in [0.1, 0.15) is 6.10 Å². The van der Waals surface area contributed by atoms with Gasteiger partial charge in [-0.1, -0.05) is 0 Å². The molecule has 2 atom stereocenters. The number of aliphatic hydroxyl groups is 1. The van der Waals surface area contributed by atoms with Gasteiger partial charge in [-0.25, -0.2) is 0 Å². The number of hydrogen-bond acceptors (Lipinski definition) is 5. The van der Waals surface area contributed by atoms with Crippen molar-refractivity contribution < 1.29 is 5.11 Å². The van der Waals surface area contributed by atoms with Crippen LogP contribution in [0.3, 0.4) is 0 Å². The van der Waals surface area contributed by atoms with Crippen LogP contribution in [0.1, 0.15) is 25.8 Å². The highest BCUT2D eigenvalue weighted by molar-refractivity contribution is 5.30. The lowest BCUT2D eigenvalue weighted by molar-refractivity contribution is 0.189. The normalized spacial score (nSPS) is 24.2. The zero-order valence-electron chi connectivity index (χ0n) is 9.06. The minimum absolute atomic E-state index is 0.451. The number of piperazine rings is 1. The summed E-state index contributed by atoms with van der Waals surface area (Å²) in [7, 11) is 0. The van der Waals surface area contributed by atoms with Gasteiger partial charge in [0.05, 0.1) is 0 Å². The monoisotopic (exact) mass is 211 g/mol. The largest absolute Gasteiger partial charge is 0.385 e. The highest BCUT2D eigenvalue weighted by Crippen LogP contribution is 2.13. The molecule has 2 rings (SSSR count). The van der Waals surface area contributed by atoms with Crippen molar-refractivity contribution in [3.8, 4) is 0 Å². The van der Waals surface area contributed by atoms with Crippen molar-refractivity contribution in [3.63, 3.8) is 0 Å². The molecule has 1 unspecified atom stereocenters. The topological polar surface area (TPSA) is 77.1 Å². The van der Waals surface area contributed by atoms with Crippen LogP contribution in [0.4, 0.5) is 5.95 Å². The van der Waals surface area contributed by atoms with Gasteiger partial charge in [0, 0.05) is 25.7 Å². The SMILES string of the molecule is CC1CN(c2n[nH]c([C@H](C)O)n2)CCN1. The second-order valence-corrected chi connectivity index (χ2v) is 4.00. The van der Waals surface area contributed by atoms with Crippen LogP contribution in [-0.2, 0) is 0 Å². The summed E-state index contributed by atoms with van der Waals surface area (Å²) in [5.41, 5.74) is 0. The van der Waals surface area contributed by atoms with Crippen molar-refractivity contribution in [3.05, 3.63) is 5.82 Å². The highest BCUT2D eigenvalue weighted by Gasteiger charge is 2.19. The molecule has 0 aliphatic carbocycles. The van der Waals surface area contributed by atoms with Crippen LogP contribution >= 0.6 is 0 Å². The lowest BCUT2D eigenvalue weighted by Crippen LogP contribution is -2.49. The summed E-state index contributed by atoms with van der Waals surface area (Å²) in [6.45, 7) is 6.55. The van der Waals surface area contributed by atoms with Gasteiger partial charge >= 0.3 is 0 Å². The molecule has 6 nitrogen and oxygen atoms in total. The van der Waals surface area contributed by atoms with E-state index in [4.69, 9.17) is 0 Å². The van der Waals surface area contributed by atoms with Gasteiger partial charge in [-0.15, -0.1) is 5.10 Å². The number of nitrogens with one attached hydrogen (secondary N) is 2. The van der Waals surface area contributed by atoms with E-state index in [0.29, 0.717) is 17.8 Å². The first kappa shape index (κ1) is 10.4. The average molecular weight is 211 g/mol. The molecule has 1 aliphatic heterocycles. The van der Waals surface area contributed by atoms with Crippen LogP contribution < -0.4 is 10.2 Å². The minimum atomic E-state index is -0.591. The van der Waals surface area contributed by atoms with Gasteiger partial charge in [-0.3, -0.25) is 5.10 Å². The number of hydrogen-bond donors (Lipinski definition) is 3. The molecule has 0 bridgehead atoms. The molecule has 0 radical (unpaired) electrons. The van der Waals surface area contributed by atoms with E-state index in [2.05, 4.69) is 32.3 Å². The Balaban J connectivity index is 2.08. The van der Waals surface area contributed by atoms with Gasteiger partial charge in [0.2, 0.25) is 5.95 Å². The van der Waals surface area contributed by atoms with E-state index in [1.165, 1.54) is 0 Å². The standard InChI is InChI=1S/C9H17N5O/c1-6-5-14(4-3-10-6)9-11-8(7(2)15)12-13-9/h6-7,10,15H,3-5H2,1-2H3,(H,11,12,13)/t6?,7-/m0/s1. The van der Waals surface area contributed by atoms with Crippen LogP contribution in [0.5, 0.6) is 0 Å². The van der Waals surface area contributed by atoms with Gasteiger partial charge < -0.3 is 15.3 Å². The number of nitrogens with zero attached hydrogens (tertiary/aromatic N) is 3. The van der Waals surface area contributed by atoms with Crippen molar-refractivity contribution in [1.29, 1.82) is 0 Å². The molecule has 0 saturated carbocycles. The Morgan fingerprint density at radius 3 is 3.00 bits per heavy atom. The van der Waals surface area contributed by atoms with Crippen LogP contribution in [-0.4, -0.2) is 46.0 Å². The quantitative estimate of drug-likeness (QED) is 0.623. The molecule has 0 spiro atoms. The zero-order chi connectivity index (χ0) is 10.8. The Kier molecular flexibility index (Phi) is 2.88. The van der Waals surface area contributed by atoms with Gasteiger partial charge in [0.15, 0.2) is 5.82 Å². The zero-order valence-corrected chi connectivity index (χ0v) is 9.06. The predicted octanol–water partition coefficient (Wildman–Crippen LogP) is -0.344. The number of aromatic nitrogens is 3. The molecule has 2 heterocycles. The average Bonchev–Trinajstić information content (AvgIpc) is 2.66. The molecular weight excluding hydrogens is 194 g/mol. The number of aromatic amines is 1. The second-order valence-electron chi connectivity index (χ2n) is 4.00. The highest BCUT2D eigenvalue weighted by atomic mass is 16.3. The van der Waals surface area contributed by atoms with Crippen LogP contribution in [0.2, 0.25) is 0 Å². The molecule has 15 heavy (non-hydrogen) atoms. The maximum Gasteiger partial charge on any atom is 0.244 e. The first-order valence-corrected chi connectivity index (χ1v) is 5.25.